The molecule has 0 saturated heterocycles. The minimum absolute atomic E-state index is 0.309. The second kappa shape index (κ2) is 8.76. The van der Waals surface area contributed by atoms with E-state index in [9.17, 15) is 8.42 Å². The van der Waals surface area contributed by atoms with E-state index in [4.69, 9.17) is 0 Å². The molecule has 0 amide bonds. The number of aromatic nitrogens is 2. The Hall–Kier alpha value is -3.13. The molecule has 0 N–H and O–H groups in total. The van der Waals surface area contributed by atoms with Gasteiger partial charge in [-0.3, -0.25) is 0 Å². The van der Waals surface area contributed by atoms with Gasteiger partial charge in [-0.25, -0.2) is 12.4 Å². The molecule has 2 aliphatic heterocycles. The quantitative estimate of drug-likeness (QED) is 0.404. The Morgan fingerprint density at radius 3 is 2.17 bits per heavy atom. The molecule has 7 heteroatoms. The highest BCUT2D eigenvalue weighted by molar-refractivity contribution is 7.90. The van der Waals surface area contributed by atoms with Crippen LogP contribution in [0.2, 0.25) is 0 Å². The van der Waals surface area contributed by atoms with Gasteiger partial charge in [0.05, 0.1) is 10.4 Å². The van der Waals surface area contributed by atoms with Crippen LogP contribution >= 0.6 is 0 Å². The molecule has 0 unspecified atom stereocenters. The number of rotatable bonds is 4. The lowest BCUT2D eigenvalue weighted by Gasteiger charge is -2.23. The number of hydrogen-bond donors (Lipinski definition) is 0. The molecule has 2 aromatic heterocycles. The van der Waals surface area contributed by atoms with Crippen molar-refractivity contribution in [3.05, 3.63) is 78.1 Å². The molecular weight excluding hydrogens is 468 g/mol. The largest absolute Gasteiger partial charge is 0.351 e. The second-order valence-electron chi connectivity index (χ2n) is 10.2. The number of benzene rings is 2. The molecule has 0 saturated carbocycles. The van der Waals surface area contributed by atoms with Gasteiger partial charge in [0.2, 0.25) is 0 Å². The average molecular weight is 501 g/mol. The molecule has 6 rings (SSSR count). The maximum Gasteiger partial charge on any atom is 0.268 e. The maximum atomic E-state index is 14.0. The first kappa shape index (κ1) is 23.3. The first-order valence-electron chi connectivity index (χ1n) is 12.5. The fraction of sp³-hybridized carbons (Fsp3) is 0.310. The highest BCUT2D eigenvalue weighted by Crippen LogP contribution is 2.36. The van der Waals surface area contributed by atoms with Crippen LogP contribution in [0.15, 0.2) is 71.9 Å². The van der Waals surface area contributed by atoms with Gasteiger partial charge in [-0.15, -0.1) is 0 Å². The smallest absolute Gasteiger partial charge is 0.268 e. The van der Waals surface area contributed by atoms with E-state index < -0.39 is 10.0 Å². The summed E-state index contributed by atoms with van der Waals surface area (Å²) in [6.45, 7) is 3.81. The molecule has 36 heavy (non-hydrogen) atoms. The van der Waals surface area contributed by atoms with Gasteiger partial charge in [0.1, 0.15) is 0 Å². The number of fused-ring (bicyclic) bond motifs is 2. The molecule has 0 aliphatic carbocycles. The van der Waals surface area contributed by atoms with Crippen LogP contribution in [0, 0.1) is 0 Å². The van der Waals surface area contributed by atoms with E-state index in [2.05, 4.69) is 48.2 Å². The van der Waals surface area contributed by atoms with Crippen LogP contribution in [-0.2, 0) is 17.1 Å². The van der Waals surface area contributed by atoms with E-state index in [1.54, 1.807) is 12.1 Å². The number of likely N-dealkylation sites (N-methyl/N-ethyl adjacent to an activating group) is 2. The molecule has 6 nitrogen and oxygen atoms in total. The van der Waals surface area contributed by atoms with Crippen LogP contribution in [0.5, 0.6) is 0 Å². The third kappa shape index (κ3) is 3.92. The Morgan fingerprint density at radius 2 is 1.47 bits per heavy atom. The average Bonchev–Trinajstić information content (AvgIpc) is 3.45. The van der Waals surface area contributed by atoms with E-state index in [0.717, 1.165) is 66.4 Å². The van der Waals surface area contributed by atoms with Gasteiger partial charge >= 0.3 is 0 Å². The van der Waals surface area contributed by atoms with Crippen LogP contribution in [0.4, 0.5) is 0 Å². The normalized spacial score (nSPS) is 18.1. The van der Waals surface area contributed by atoms with E-state index >= 15 is 0 Å². The molecule has 0 radical (unpaired) electrons. The monoisotopic (exact) mass is 500 g/mol. The Balaban J connectivity index is 1.52. The fourth-order valence-corrected chi connectivity index (χ4v) is 6.84. The van der Waals surface area contributed by atoms with E-state index in [-0.39, 0.29) is 0 Å². The summed E-state index contributed by atoms with van der Waals surface area (Å²) in [5.74, 6) is 0. The zero-order valence-electron chi connectivity index (χ0n) is 21.1. The second-order valence-corrected chi connectivity index (χ2v) is 12.0. The van der Waals surface area contributed by atoms with Crippen molar-refractivity contribution >= 4 is 43.0 Å². The lowest BCUT2D eigenvalue weighted by Crippen LogP contribution is -2.23. The van der Waals surface area contributed by atoms with Gasteiger partial charge in [-0.2, -0.15) is 0 Å². The highest BCUT2D eigenvalue weighted by Gasteiger charge is 2.24. The number of hydrogen-bond acceptors (Lipinski definition) is 4. The van der Waals surface area contributed by atoms with Crippen molar-refractivity contribution in [2.24, 2.45) is 7.05 Å². The summed E-state index contributed by atoms with van der Waals surface area (Å²) in [6.07, 6.45) is 10.2. The van der Waals surface area contributed by atoms with Crippen molar-refractivity contribution in [2.45, 2.75) is 17.7 Å². The fourth-order valence-electron chi connectivity index (χ4n) is 5.44. The number of aryl methyl sites for hydroxylation is 1. The summed E-state index contributed by atoms with van der Waals surface area (Å²) in [5, 5.41) is 1.93. The topological polar surface area (TPSA) is 50.5 Å². The SMILES string of the molecule is CN1CC=C(c2ccc3c(c2)c(C2=CCN(C)CC2)cn3S(=O)(=O)c2ccc3c(ccn3C)c2)CC1. The molecule has 2 aliphatic rings. The third-order valence-electron chi connectivity index (χ3n) is 7.73. The van der Waals surface area contributed by atoms with E-state index in [1.807, 2.05) is 42.2 Å². The van der Waals surface area contributed by atoms with Crippen molar-refractivity contribution in [1.29, 1.82) is 0 Å². The summed E-state index contributed by atoms with van der Waals surface area (Å²) in [6, 6.07) is 13.6. The molecule has 0 fully saturated rings. The Morgan fingerprint density at radius 1 is 0.778 bits per heavy atom. The van der Waals surface area contributed by atoms with E-state index in [0.29, 0.717) is 4.90 Å². The van der Waals surface area contributed by atoms with Gasteiger partial charge in [-0.1, -0.05) is 18.2 Å². The third-order valence-corrected chi connectivity index (χ3v) is 9.39. The molecule has 0 bridgehead atoms. The summed E-state index contributed by atoms with van der Waals surface area (Å²) in [7, 11) is 2.45. The standard InChI is InChI=1S/C29H32N4O2S/c1-30-13-8-21(9-14-30)23-4-6-29-26(19-23)27(22-10-15-31(2)16-11-22)20-33(29)36(34,35)25-5-7-28-24(18-25)12-17-32(28)3/h4-8,10,12,17-20H,9,11,13-16H2,1-3H3. The molecule has 4 heterocycles. The van der Waals surface area contributed by atoms with Crippen molar-refractivity contribution in [3.63, 3.8) is 0 Å². The van der Waals surface area contributed by atoms with Gasteiger partial charge in [0.15, 0.2) is 0 Å². The first-order valence-corrected chi connectivity index (χ1v) is 14.0. The van der Waals surface area contributed by atoms with Gasteiger partial charge in [-0.05, 0) is 80.0 Å². The lowest BCUT2D eigenvalue weighted by molar-refractivity contribution is 0.370. The minimum atomic E-state index is -3.77. The lowest BCUT2D eigenvalue weighted by atomic mass is 9.95. The Bertz CT molecular complexity index is 1660. The summed E-state index contributed by atoms with van der Waals surface area (Å²) in [4.78, 5) is 4.90. The first-order chi connectivity index (χ1) is 17.3. The minimum Gasteiger partial charge on any atom is -0.351 e. The zero-order chi connectivity index (χ0) is 25.0. The number of nitrogens with zero attached hydrogens (tertiary/aromatic N) is 4. The molecule has 0 atom stereocenters. The van der Waals surface area contributed by atoms with Crippen LogP contribution in [-0.4, -0.2) is 67.0 Å². The predicted octanol–water partition coefficient (Wildman–Crippen LogP) is 4.81. The van der Waals surface area contributed by atoms with Crippen molar-refractivity contribution < 1.29 is 8.42 Å². The van der Waals surface area contributed by atoms with Crippen LogP contribution < -0.4 is 0 Å². The molecule has 186 valence electrons. The molecule has 2 aromatic carbocycles. The summed E-state index contributed by atoms with van der Waals surface area (Å²) in [5.41, 5.74) is 6.52. The predicted molar refractivity (Wildman–Crippen MR) is 148 cm³/mol. The van der Waals surface area contributed by atoms with Gasteiger partial charge in [0, 0.05) is 67.5 Å². The van der Waals surface area contributed by atoms with Crippen molar-refractivity contribution in [1.82, 2.24) is 18.3 Å². The zero-order valence-corrected chi connectivity index (χ0v) is 21.9. The summed E-state index contributed by atoms with van der Waals surface area (Å²) < 4.78 is 31.5. The van der Waals surface area contributed by atoms with E-state index in [1.165, 1.54) is 20.7 Å². The maximum absolute atomic E-state index is 14.0. The van der Waals surface area contributed by atoms with Crippen molar-refractivity contribution in [3.8, 4) is 0 Å². The molecular formula is C29H32N4O2S. The Kier molecular flexibility index (Phi) is 5.67. The molecule has 4 aromatic rings. The summed E-state index contributed by atoms with van der Waals surface area (Å²) >= 11 is 0. The van der Waals surface area contributed by atoms with Crippen LogP contribution in [0.1, 0.15) is 24.0 Å². The van der Waals surface area contributed by atoms with Crippen LogP contribution in [0.25, 0.3) is 33.0 Å². The van der Waals surface area contributed by atoms with Gasteiger partial charge in [0.25, 0.3) is 10.0 Å². The molecule has 0 spiro atoms. The van der Waals surface area contributed by atoms with Crippen LogP contribution in [0.3, 0.4) is 0 Å². The van der Waals surface area contributed by atoms with Crippen molar-refractivity contribution in [2.75, 3.05) is 40.3 Å². The van der Waals surface area contributed by atoms with Gasteiger partial charge < -0.3 is 14.4 Å². The Labute approximate surface area is 212 Å². The highest BCUT2D eigenvalue weighted by atomic mass is 32.2.